The number of aliphatic imine (C=N–C) groups is 1. The molecule has 0 aliphatic heterocycles. The van der Waals surface area contributed by atoms with Crippen LogP contribution in [0.4, 0.5) is 4.79 Å². The van der Waals surface area contributed by atoms with Gasteiger partial charge in [-0.3, -0.25) is 0 Å². The summed E-state index contributed by atoms with van der Waals surface area (Å²) in [6, 6.07) is 0. The first-order chi connectivity index (χ1) is 6.39. The van der Waals surface area contributed by atoms with Crippen LogP contribution in [-0.2, 0) is 9.47 Å². The van der Waals surface area contributed by atoms with Crippen molar-refractivity contribution in [1.82, 2.24) is 0 Å². The summed E-state index contributed by atoms with van der Waals surface area (Å²) >= 11 is 1.26. The zero-order valence-electron chi connectivity index (χ0n) is 9.29. The van der Waals surface area contributed by atoms with Crippen LogP contribution in [0.3, 0.4) is 0 Å². The average molecular weight is 219 g/mol. The number of hydrogen-bond donors (Lipinski definition) is 0. The van der Waals surface area contributed by atoms with Crippen LogP contribution < -0.4 is 0 Å². The summed E-state index contributed by atoms with van der Waals surface area (Å²) in [7, 11) is 1.46. The van der Waals surface area contributed by atoms with Gasteiger partial charge in [0.25, 0.3) is 5.23 Å². The normalized spacial score (nSPS) is 12.5. The van der Waals surface area contributed by atoms with Crippen LogP contribution >= 0.6 is 11.8 Å². The van der Waals surface area contributed by atoms with E-state index in [1.807, 2.05) is 20.8 Å². The van der Waals surface area contributed by atoms with Crippen LogP contribution in [0, 0.1) is 5.41 Å². The maximum atomic E-state index is 11.1. The van der Waals surface area contributed by atoms with Gasteiger partial charge < -0.3 is 9.47 Å². The Labute approximate surface area is 89.1 Å². The molecule has 82 valence electrons. The number of carbonyl (C=O) groups is 1. The van der Waals surface area contributed by atoms with Gasteiger partial charge in [0.2, 0.25) is 0 Å². The van der Waals surface area contributed by atoms with Crippen molar-refractivity contribution in [2.45, 2.75) is 20.8 Å². The Kier molecular flexibility index (Phi) is 5.60. The van der Waals surface area contributed by atoms with Gasteiger partial charge in [0.05, 0.1) is 13.7 Å². The summed E-state index contributed by atoms with van der Waals surface area (Å²) in [5, 5.41) is 0.309. The van der Waals surface area contributed by atoms with Crippen molar-refractivity contribution in [3.05, 3.63) is 0 Å². The predicted octanol–water partition coefficient (Wildman–Crippen LogP) is 2.53. The van der Waals surface area contributed by atoms with E-state index in [9.17, 15) is 4.79 Å². The van der Waals surface area contributed by atoms with Crippen molar-refractivity contribution < 1.29 is 14.3 Å². The fourth-order valence-corrected chi connectivity index (χ4v) is 0.892. The third-order valence-electron chi connectivity index (χ3n) is 1.16. The lowest BCUT2D eigenvalue weighted by atomic mass is 9.99. The SMILES string of the molecule is CO/C(=N\C(=O)OCC(C)(C)C)SC. The van der Waals surface area contributed by atoms with Crippen LogP contribution in [0.2, 0.25) is 0 Å². The molecule has 0 bridgehead atoms. The van der Waals surface area contributed by atoms with Crippen molar-refractivity contribution in [2.24, 2.45) is 10.4 Å². The van der Waals surface area contributed by atoms with Gasteiger partial charge in [-0.1, -0.05) is 32.5 Å². The Morgan fingerprint density at radius 3 is 2.36 bits per heavy atom. The number of ether oxygens (including phenoxy) is 2. The molecule has 4 nitrogen and oxygen atoms in total. The van der Waals surface area contributed by atoms with Crippen molar-refractivity contribution in [3.63, 3.8) is 0 Å². The maximum absolute atomic E-state index is 11.1. The Hall–Kier alpha value is -0.710. The topological polar surface area (TPSA) is 47.9 Å². The monoisotopic (exact) mass is 219 g/mol. The van der Waals surface area contributed by atoms with E-state index in [-0.39, 0.29) is 5.41 Å². The fourth-order valence-electron chi connectivity index (χ4n) is 0.560. The van der Waals surface area contributed by atoms with E-state index in [0.717, 1.165) is 0 Å². The molecule has 0 aromatic rings. The zero-order valence-corrected chi connectivity index (χ0v) is 10.1. The highest BCUT2D eigenvalue weighted by Gasteiger charge is 2.13. The second-order valence-corrected chi connectivity index (χ2v) is 4.66. The van der Waals surface area contributed by atoms with E-state index in [1.165, 1.54) is 18.9 Å². The number of thioether (sulfide) groups is 1. The van der Waals surface area contributed by atoms with E-state index < -0.39 is 6.09 Å². The van der Waals surface area contributed by atoms with Crippen molar-refractivity contribution >= 4 is 23.1 Å². The highest BCUT2D eigenvalue weighted by molar-refractivity contribution is 8.12. The van der Waals surface area contributed by atoms with Crippen molar-refractivity contribution in [1.29, 1.82) is 0 Å². The van der Waals surface area contributed by atoms with Crippen LogP contribution in [0.25, 0.3) is 0 Å². The summed E-state index contributed by atoms with van der Waals surface area (Å²) in [4.78, 5) is 14.7. The molecule has 0 saturated carbocycles. The predicted molar refractivity (Wildman–Crippen MR) is 58.8 cm³/mol. The van der Waals surface area contributed by atoms with Gasteiger partial charge in [0, 0.05) is 0 Å². The Morgan fingerprint density at radius 1 is 1.43 bits per heavy atom. The Morgan fingerprint density at radius 2 is 2.00 bits per heavy atom. The zero-order chi connectivity index (χ0) is 11.2. The molecule has 0 radical (unpaired) electrons. The quantitative estimate of drug-likeness (QED) is 0.502. The van der Waals surface area contributed by atoms with Crippen LogP contribution in [0.1, 0.15) is 20.8 Å². The van der Waals surface area contributed by atoms with Gasteiger partial charge >= 0.3 is 6.09 Å². The third kappa shape index (κ3) is 6.77. The first-order valence-corrected chi connectivity index (χ1v) is 5.45. The minimum absolute atomic E-state index is 0.0439. The molecule has 0 aliphatic carbocycles. The summed E-state index contributed by atoms with van der Waals surface area (Å²) in [5.41, 5.74) is -0.0439. The lowest BCUT2D eigenvalue weighted by Gasteiger charge is -2.16. The van der Waals surface area contributed by atoms with Crippen molar-refractivity contribution in [3.8, 4) is 0 Å². The molecule has 0 spiro atoms. The number of hydrogen-bond acceptors (Lipinski definition) is 4. The lowest BCUT2D eigenvalue weighted by Crippen LogP contribution is -2.17. The molecule has 0 aromatic heterocycles. The molecule has 0 heterocycles. The molecule has 0 aliphatic rings. The molecular formula is C9H17NO3S. The van der Waals surface area contributed by atoms with Gasteiger partial charge in [-0.2, -0.15) is 0 Å². The van der Waals surface area contributed by atoms with Crippen molar-refractivity contribution in [2.75, 3.05) is 20.0 Å². The maximum Gasteiger partial charge on any atom is 0.437 e. The standard InChI is InChI=1S/C9H17NO3S/c1-9(2,3)6-13-7(11)10-8(12-4)14-5/h6H2,1-5H3/b10-8+. The molecule has 0 unspecified atom stereocenters. The third-order valence-corrected chi connectivity index (χ3v) is 1.77. The molecule has 5 heteroatoms. The molecule has 1 amide bonds. The fraction of sp³-hybridized carbons (Fsp3) is 0.778. The molecule has 0 fully saturated rings. The molecular weight excluding hydrogens is 202 g/mol. The summed E-state index contributed by atoms with van der Waals surface area (Å²) in [6.45, 7) is 6.29. The number of nitrogens with zero attached hydrogens (tertiary/aromatic N) is 1. The van der Waals surface area contributed by atoms with Gasteiger partial charge in [-0.15, -0.1) is 4.99 Å². The van der Waals surface area contributed by atoms with E-state index in [0.29, 0.717) is 11.8 Å². The number of methoxy groups -OCH3 is 1. The van der Waals surface area contributed by atoms with Crippen LogP contribution in [0.5, 0.6) is 0 Å². The molecule has 0 saturated heterocycles. The van der Waals surface area contributed by atoms with Gasteiger partial charge in [0.1, 0.15) is 0 Å². The van der Waals surface area contributed by atoms with Crippen LogP contribution in [0.15, 0.2) is 4.99 Å². The van der Waals surface area contributed by atoms with E-state index in [4.69, 9.17) is 9.47 Å². The Bertz CT molecular complexity index is 215. The molecule has 14 heavy (non-hydrogen) atoms. The van der Waals surface area contributed by atoms with Crippen LogP contribution in [-0.4, -0.2) is 31.3 Å². The van der Waals surface area contributed by atoms with Gasteiger partial charge in [-0.25, -0.2) is 4.79 Å². The largest absolute Gasteiger partial charge is 0.476 e. The molecule has 0 rings (SSSR count). The summed E-state index contributed by atoms with van der Waals surface area (Å²) in [6.07, 6.45) is 1.17. The second-order valence-electron chi connectivity index (χ2n) is 3.90. The average Bonchev–Trinajstić information content (AvgIpc) is 2.09. The van der Waals surface area contributed by atoms with E-state index in [1.54, 1.807) is 6.26 Å². The number of carbonyl (C=O) groups excluding carboxylic acids is 1. The minimum atomic E-state index is -0.605. The molecule has 0 N–H and O–H groups in total. The smallest absolute Gasteiger partial charge is 0.437 e. The second kappa shape index (κ2) is 5.90. The first-order valence-electron chi connectivity index (χ1n) is 4.22. The van der Waals surface area contributed by atoms with Gasteiger partial charge in [0.15, 0.2) is 0 Å². The lowest BCUT2D eigenvalue weighted by molar-refractivity contribution is 0.115. The Balaban J connectivity index is 4.04. The van der Waals surface area contributed by atoms with E-state index >= 15 is 0 Å². The summed E-state index contributed by atoms with van der Waals surface area (Å²) in [5.74, 6) is 0. The molecule has 0 atom stereocenters. The molecule has 0 aromatic carbocycles. The van der Waals surface area contributed by atoms with E-state index in [2.05, 4.69) is 4.99 Å². The minimum Gasteiger partial charge on any atom is -0.476 e. The first kappa shape index (κ1) is 13.3. The highest BCUT2D eigenvalue weighted by atomic mass is 32.2. The summed E-state index contributed by atoms with van der Waals surface area (Å²) < 4.78 is 9.74. The van der Waals surface area contributed by atoms with Gasteiger partial charge in [-0.05, 0) is 11.7 Å². The highest BCUT2D eigenvalue weighted by Crippen LogP contribution is 2.13. The number of rotatable bonds is 1. The number of amides is 1.